The number of rotatable bonds is 4. The molecule has 0 amide bonds. The number of hydrogen-bond donors (Lipinski definition) is 1. The molecule has 6 rings (SSSR count). The number of ketones is 1. The van der Waals surface area contributed by atoms with Gasteiger partial charge in [0.15, 0.2) is 0 Å². The third-order valence-electron chi connectivity index (χ3n) is 5.69. The van der Waals surface area contributed by atoms with Crippen LogP contribution in [0.3, 0.4) is 0 Å². The second kappa shape index (κ2) is 18.3. The molecule has 2 N–H and O–H groups in total. The molecular formula is C35H29N7ORh. The Morgan fingerprint density at radius 2 is 0.977 bits per heavy atom. The fraction of sp³-hybridized carbons (Fsp3) is 0.0571. The Morgan fingerprint density at radius 3 is 1.36 bits per heavy atom. The average Bonchev–Trinajstić information content (AvgIpc) is 3.09. The maximum atomic E-state index is 11.8. The zero-order valence-electron chi connectivity index (χ0n) is 23.9. The normalized spacial score (nSPS) is 9.41. The number of nitrogens with two attached hydrogens (primary N) is 1. The van der Waals surface area contributed by atoms with Crippen LogP contribution < -0.4 is 5.73 Å². The second-order valence-corrected chi connectivity index (χ2v) is 8.84. The van der Waals surface area contributed by atoms with Gasteiger partial charge in [0.05, 0.1) is 40.7 Å². The van der Waals surface area contributed by atoms with Gasteiger partial charge in [-0.25, -0.2) is 0 Å². The average molecular weight is 667 g/mol. The molecule has 0 spiro atoms. The number of Topliss-reactive ketones (excluding diaryl/α,β-unsaturated/α-hetero) is 1. The molecule has 0 aromatic carbocycles. The maximum absolute atomic E-state index is 11.8. The van der Waals surface area contributed by atoms with Gasteiger partial charge in [0.1, 0.15) is 0 Å². The van der Waals surface area contributed by atoms with Crippen LogP contribution in [0.15, 0.2) is 134 Å². The van der Waals surface area contributed by atoms with Crippen molar-refractivity contribution in [3.63, 3.8) is 0 Å². The molecule has 0 atom stereocenters. The van der Waals surface area contributed by atoms with E-state index in [1.165, 1.54) is 0 Å². The van der Waals surface area contributed by atoms with E-state index in [9.17, 15) is 4.79 Å². The van der Waals surface area contributed by atoms with Gasteiger partial charge in [-0.05, 0) is 91.2 Å². The van der Waals surface area contributed by atoms with E-state index >= 15 is 0 Å². The van der Waals surface area contributed by atoms with Crippen molar-refractivity contribution in [1.29, 1.82) is 0 Å². The van der Waals surface area contributed by atoms with Crippen molar-refractivity contribution < 1.29 is 24.3 Å². The van der Waals surface area contributed by atoms with Crippen LogP contribution in [0, 0.1) is 18.8 Å². The van der Waals surface area contributed by atoms with Gasteiger partial charge >= 0.3 is 0 Å². The minimum absolute atomic E-state index is 0. The summed E-state index contributed by atoms with van der Waals surface area (Å²) in [6.07, 6.45) is 10.4. The van der Waals surface area contributed by atoms with Crippen molar-refractivity contribution >= 4 is 5.78 Å². The van der Waals surface area contributed by atoms with Gasteiger partial charge < -0.3 is 5.73 Å². The molecule has 6 aromatic rings. The first kappa shape index (κ1) is 33.2. The number of hydrogen-bond acceptors (Lipinski definition) is 8. The maximum Gasteiger partial charge on any atom is 0.236 e. The molecule has 44 heavy (non-hydrogen) atoms. The third-order valence-corrected chi connectivity index (χ3v) is 5.69. The summed E-state index contributed by atoms with van der Waals surface area (Å²) in [5.74, 6) is 4.77. The summed E-state index contributed by atoms with van der Waals surface area (Å²) in [4.78, 5) is 37.0. The second-order valence-electron chi connectivity index (χ2n) is 8.84. The zero-order valence-corrected chi connectivity index (χ0v) is 25.5. The van der Waals surface area contributed by atoms with Crippen LogP contribution in [0.4, 0.5) is 0 Å². The van der Waals surface area contributed by atoms with Crippen molar-refractivity contribution in [2.45, 2.75) is 6.92 Å². The van der Waals surface area contributed by atoms with E-state index in [1.807, 2.05) is 91.9 Å². The van der Waals surface area contributed by atoms with Gasteiger partial charge in [0.2, 0.25) is 5.78 Å². The van der Waals surface area contributed by atoms with Crippen molar-refractivity contribution in [3.8, 4) is 46.0 Å². The van der Waals surface area contributed by atoms with E-state index in [0.717, 1.165) is 34.0 Å². The van der Waals surface area contributed by atoms with Crippen molar-refractivity contribution in [2.24, 2.45) is 5.73 Å². The summed E-state index contributed by atoms with van der Waals surface area (Å²) >= 11 is 0. The molecule has 6 heterocycles. The standard InChI is InChI=1S/C15H13N3O.2C10H8N2.Rh/c1-11-4-7-17-13(9-11)14-10-12(5-8-18-14)15(19)3-2-6-16;2*1-3-7-11-9(5-1)10-6-2-4-8-12-10;/h4-5,7-10H,6,16H2,1H3;2*1-8H;. The van der Waals surface area contributed by atoms with E-state index in [2.05, 4.69) is 41.7 Å². The predicted octanol–water partition coefficient (Wildman–Crippen LogP) is 5.88. The largest absolute Gasteiger partial charge is 0.320 e. The molecule has 0 aliphatic rings. The molecule has 0 fully saturated rings. The summed E-state index contributed by atoms with van der Waals surface area (Å²) in [5, 5.41) is 0. The monoisotopic (exact) mass is 666 g/mol. The van der Waals surface area contributed by atoms with Gasteiger partial charge in [0, 0.05) is 62.2 Å². The fourth-order valence-electron chi connectivity index (χ4n) is 3.65. The van der Waals surface area contributed by atoms with Crippen LogP contribution in [0.25, 0.3) is 34.2 Å². The van der Waals surface area contributed by atoms with Crippen molar-refractivity contribution in [3.05, 3.63) is 145 Å². The molecular weight excluding hydrogens is 637 g/mol. The molecule has 0 aliphatic carbocycles. The molecule has 219 valence electrons. The first-order valence-corrected chi connectivity index (χ1v) is 13.4. The van der Waals surface area contributed by atoms with Crippen LogP contribution in [0.5, 0.6) is 0 Å². The van der Waals surface area contributed by atoms with E-state index in [-0.39, 0.29) is 31.8 Å². The van der Waals surface area contributed by atoms with E-state index < -0.39 is 0 Å². The fourth-order valence-corrected chi connectivity index (χ4v) is 3.65. The minimum atomic E-state index is -0.262. The molecule has 0 aliphatic heterocycles. The number of nitrogens with zero attached hydrogens (tertiary/aromatic N) is 6. The Labute approximate surface area is 269 Å². The molecule has 0 bridgehead atoms. The number of carbonyl (C=O) groups is 1. The molecule has 0 unspecified atom stereocenters. The summed E-state index contributed by atoms with van der Waals surface area (Å²) in [5.41, 5.74) is 11.9. The van der Waals surface area contributed by atoms with Crippen LogP contribution in [-0.4, -0.2) is 42.2 Å². The van der Waals surface area contributed by atoms with Gasteiger partial charge in [0.25, 0.3) is 0 Å². The number of carbonyl (C=O) groups excluding carboxylic acids is 1. The van der Waals surface area contributed by atoms with Crippen molar-refractivity contribution in [1.82, 2.24) is 29.9 Å². The Balaban J connectivity index is 0.000000185. The summed E-state index contributed by atoms with van der Waals surface area (Å²) < 4.78 is 0. The Bertz CT molecular complexity index is 1630. The van der Waals surface area contributed by atoms with Crippen LogP contribution >= 0.6 is 0 Å². The van der Waals surface area contributed by atoms with Gasteiger partial charge in [-0.3, -0.25) is 34.7 Å². The number of pyridine rings is 6. The topological polar surface area (TPSA) is 120 Å². The predicted molar refractivity (Wildman–Crippen MR) is 168 cm³/mol. The van der Waals surface area contributed by atoms with Crippen LogP contribution in [0.2, 0.25) is 0 Å². The molecule has 8 nitrogen and oxygen atoms in total. The first-order valence-electron chi connectivity index (χ1n) is 13.4. The SMILES string of the molecule is Cc1ccnc(-c2cc(C(=O)C#CCN)ccn2)c1.[Rh].c1ccc(-c2ccccn2)nc1.c1ccc(-c2ccccn2)nc1. The first-order chi connectivity index (χ1) is 21.1. The van der Waals surface area contributed by atoms with Gasteiger partial charge in [-0.1, -0.05) is 30.2 Å². The van der Waals surface area contributed by atoms with E-state index in [0.29, 0.717) is 11.3 Å². The minimum Gasteiger partial charge on any atom is -0.320 e. The zero-order chi connectivity index (χ0) is 30.1. The Kier molecular flexibility index (Phi) is 13.8. The quantitative estimate of drug-likeness (QED) is 0.107. The molecule has 0 saturated carbocycles. The third kappa shape index (κ3) is 10.5. The smallest absolute Gasteiger partial charge is 0.236 e. The number of aryl methyl sites for hydroxylation is 1. The van der Waals surface area contributed by atoms with Crippen LogP contribution in [-0.2, 0) is 19.5 Å². The Hall–Kier alpha value is -5.29. The molecule has 1 radical (unpaired) electrons. The van der Waals surface area contributed by atoms with Gasteiger partial charge in [-0.2, -0.15) is 0 Å². The van der Waals surface area contributed by atoms with Crippen LogP contribution in [0.1, 0.15) is 15.9 Å². The Morgan fingerprint density at radius 1 is 0.568 bits per heavy atom. The molecule has 6 aromatic heterocycles. The van der Waals surface area contributed by atoms with Gasteiger partial charge in [-0.15, -0.1) is 0 Å². The van der Waals surface area contributed by atoms with E-state index in [4.69, 9.17) is 5.73 Å². The summed E-state index contributed by atoms with van der Waals surface area (Å²) in [6, 6.07) is 30.3. The molecule has 0 saturated heterocycles. The number of aromatic nitrogens is 6. The summed E-state index contributed by atoms with van der Waals surface area (Å²) in [6.45, 7) is 2.15. The molecule has 9 heteroatoms. The van der Waals surface area contributed by atoms with E-state index in [1.54, 1.807) is 49.3 Å². The summed E-state index contributed by atoms with van der Waals surface area (Å²) in [7, 11) is 0. The van der Waals surface area contributed by atoms with Crippen molar-refractivity contribution in [2.75, 3.05) is 6.54 Å².